The largest absolute Gasteiger partial charge is 0.445 e. The molecule has 0 bridgehead atoms. The molecule has 1 N–H and O–H groups in total. The molecule has 0 unspecified atom stereocenters. The van der Waals surface area contributed by atoms with Crippen molar-refractivity contribution in [2.45, 2.75) is 70.3 Å². The number of para-hydroxylation sites is 1. The van der Waals surface area contributed by atoms with Crippen LogP contribution in [0.1, 0.15) is 34.1 Å². The van der Waals surface area contributed by atoms with Crippen molar-refractivity contribution in [2.75, 3.05) is 18.5 Å². The van der Waals surface area contributed by atoms with Gasteiger partial charge >= 0.3 is 6.09 Å². The molecule has 0 aliphatic carbocycles. The van der Waals surface area contributed by atoms with Crippen LogP contribution in [-0.4, -0.2) is 66.0 Å². The second kappa shape index (κ2) is 6.93. The van der Waals surface area contributed by atoms with Gasteiger partial charge in [0, 0.05) is 17.6 Å². The van der Waals surface area contributed by atoms with Crippen LogP contribution in [0.4, 0.5) is 10.5 Å². The molecule has 5 rings (SSSR count). The fraction of sp³-hybridized carbons (Fsp3) is 0.636. The van der Waals surface area contributed by atoms with E-state index >= 15 is 0 Å². The lowest BCUT2D eigenvalue weighted by atomic mass is 9.75. The van der Waals surface area contributed by atoms with Gasteiger partial charge in [0.1, 0.15) is 24.9 Å². The number of nitrogens with zero attached hydrogens (tertiary/aromatic N) is 2. The summed E-state index contributed by atoms with van der Waals surface area (Å²) in [6.45, 7) is 9.42. The minimum Gasteiger partial charge on any atom is -0.445 e. The van der Waals surface area contributed by atoms with E-state index in [0.717, 1.165) is 18.7 Å². The lowest BCUT2D eigenvalue weighted by molar-refractivity contribution is -0.170. The van der Waals surface area contributed by atoms with Crippen LogP contribution in [0.25, 0.3) is 0 Å². The minimum absolute atomic E-state index is 0.0359. The highest BCUT2D eigenvalue weighted by molar-refractivity contribution is 5.97. The van der Waals surface area contributed by atoms with Crippen molar-refractivity contribution >= 4 is 17.5 Å². The van der Waals surface area contributed by atoms with E-state index in [-0.39, 0.29) is 29.7 Å². The molecule has 1 aromatic carbocycles. The summed E-state index contributed by atoms with van der Waals surface area (Å²) in [4.78, 5) is 20.4. The summed E-state index contributed by atoms with van der Waals surface area (Å²) < 4.78 is 18.4. The molecule has 0 radical (unpaired) electrons. The number of rotatable bonds is 3. The fourth-order valence-corrected chi connectivity index (χ4v) is 5.35. The van der Waals surface area contributed by atoms with Crippen LogP contribution in [0.3, 0.4) is 0 Å². The third kappa shape index (κ3) is 3.18. The van der Waals surface area contributed by atoms with Crippen molar-refractivity contribution in [3.8, 4) is 0 Å². The Morgan fingerprint density at radius 3 is 2.73 bits per heavy atom. The van der Waals surface area contributed by atoms with Crippen molar-refractivity contribution in [3.05, 3.63) is 30.3 Å². The maximum absolute atomic E-state index is 12.5. The predicted octanol–water partition coefficient (Wildman–Crippen LogP) is 2.99. The van der Waals surface area contributed by atoms with Crippen LogP contribution >= 0.6 is 0 Å². The number of hydrogen-bond donors (Lipinski definition) is 1. The van der Waals surface area contributed by atoms with Gasteiger partial charge in [0.15, 0.2) is 5.79 Å². The van der Waals surface area contributed by atoms with E-state index in [2.05, 4.69) is 22.3 Å². The summed E-state index contributed by atoms with van der Waals surface area (Å²) in [7, 11) is 0. The average molecular weight is 415 g/mol. The molecule has 0 aromatic heterocycles. The van der Waals surface area contributed by atoms with Crippen LogP contribution in [0.5, 0.6) is 0 Å². The topological polar surface area (TPSA) is 81.6 Å². The number of carbonyl (C=O) groups is 1. The summed E-state index contributed by atoms with van der Waals surface area (Å²) >= 11 is 0. The summed E-state index contributed by atoms with van der Waals surface area (Å²) in [5.41, 5.74) is 1.64. The van der Waals surface area contributed by atoms with Crippen LogP contribution in [-0.2, 0) is 19.0 Å². The number of piperidine rings is 1. The Morgan fingerprint density at radius 2 is 1.97 bits per heavy atom. The number of anilines is 1. The number of amides is 1. The SMILES string of the molecule is C[C@H](OC(=O)Nc1ccccc1)[C@@H]1[C@H]2OC(C)(C)O[C@H]2[C@@H]2C3=NOC[C@]3(C)CCN12. The lowest BCUT2D eigenvalue weighted by Gasteiger charge is -2.43. The van der Waals surface area contributed by atoms with Crippen molar-refractivity contribution in [2.24, 2.45) is 10.6 Å². The van der Waals surface area contributed by atoms with Gasteiger partial charge in [-0.15, -0.1) is 0 Å². The van der Waals surface area contributed by atoms with Gasteiger partial charge < -0.3 is 19.0 Å². The molecule has 0 spiro atoms. The molecular formula is C22H29N3O5. The number of fused-ring (bicyclic) bond motifs is 5. The zero-order valence-electron chi connectivity index (χ0n) is 17.8. The van der Waals surface area contributed by atoms with Crippen molar-refractivity contribution in [1.82, 2.24) is 4.90 Å². The zero-order valence-corrected chi connectivity index (χ0v) is 17.8. The maximum atomic E-state index is 12.5. The van der Waals surface area contributed by atoms with Crippen molar-refractivity contribution in [1.29, 1.82) is 0 Å². The van der Waals surface area contributed by atoms with Gasteiger partial charge in [0.25, 0.3) is 0 Å². The molecule has 3 saturated heterocycles. The van der Waals surface area contributed by atoms with Gasteiger partial charge in [-0.25, -0.2) is 4.79 Å². The first-order valence-electron chi connectivity index (χ1n) is 10.6. The zero-order chi connectivity index (χ0) is 21.1. The Bertz CT molecular complexity index is 860. The van der Waals surface area contributed by atoms with Crippen LogP contribution < -0.4 is 5.32 Å². The molecule has 162 valence electrons. The monoisotopic (exact) mass is 415 g/mol. The van der Waals surface area contributed by atoms with Gasteiger partial charge in [0.2, 0.25) is 0 Å². The highest BCUT2D eigenvalue weighted by atomic mass is 16.8. The Kier molecular flexibility index (Phi) is 4.57. The van der Waals surface area contributed by atoms with Gasteiger partial charge in [-0.1, -0.05) is 30.3 Å². The summed E-state index contributed by atoms with van der Waals surface area (Å²) in [6, 6.07) is 9.12. The van der Waals surface area contributed by atoms with E-state index in [0.29, 0.717) is 12.3 Å². The number of oxime groups is 1. The van der Waals surface area contributed by atoms with Gasteiger partial charge in [-0.3, -0.25) is 10.2 Å². The molecule has 1 aromatic rings. The number of benzene rings is 1. The lowest BCUT2D eigenvalue weighted by Crippen LogP contribution is -2.58. The first-order chi connectivity index (χ1) is 14.3. The molecule has 8 nitrogen and oxygen atoms in total. The van der Waals surface area contributed by atoms with E-state index in [9.17, 15) is 4.79 Å². The van der Waals surface area contributed by atoms with Gasteiger partial charge in [0.05, 0.1) is 17.8 Å². The first kappa shape index (κ1) is 19.8. The summed E-state index contributed by atoms with van der Waals surface area (Å²) in [6.07, 6.45) is -0.320. The Balaban J connectivity index is 1.38. The number of hydrogen-bond acceptors (Lipinski definition) is 7. The van der Waals surface area contributed by atoms with Gasteiger partial charge in [-0.05, 0) is 39.3 Å². The van der Waals surface area contributed by atoms with Crippen LogP contribution in [0.15, 0.2) is 35.5 Å². The molecule has 30 heavy (non-hydrogen) atoms. The van der Waals surface area contributed by atoms with Crippen LogP contribution in [0, 0.1) is 5.41 Å². The summed E-state index contributed by atoms with van der Waals surface area (Å²) in [5.74, 6) is -0.695. The van der Waals surface area contributed by atoms with Crippen molar-refractivity contribution < 1.29 is 23.8 Å². The molecule has 4 aliphatic heterocycles. The highest BCUT2D eigenvalue weighted by Gasteiger charge is 2.65. The maximum Gasteiger partial charge on any atom is 0.411 e. The standard InChI is InChI=1S/C22H29N3O5/c1-13(28-20(26)23-14-8-6-5-7-9-14)15-17-18(30-21(2,3)29-17)16-19-22(4,12-27-24-19)10-11-25(15)16/h5-9,13,15-18H,10-12H2,1-4H3,(H,23,26)/t13-,15+,16+,17+,18-,22-/m0/s1. The minimum atomic E-state index is -0.695. The van der Waals surface area contributed by atoms with Crippen LogP contribution in [0.2, 0.25) is 0 Å². The van der Waals surface area contributed by atoms with E-state index < -0.39 is 18.0 Å². The normalized spacial score (nSPS) is 37.4. The van der Waals surface area contributed by atoms with Crippen molar-refractivity contribution in [3.63, 3.8) is 0 Å². The Hall–Kier alpha value is -2.16. The average Bonchev–Trinajstić information content (AvgIpc) is 3.29. The molecule has 1 amide bonds. The fourth-order valence-electron chi connectivity index (χ4n) is 5.35. The van der Waals surface area contributed by atoms with E-state index in [1.165, 1.54) is 0 Å². The molecule has 6 atom stereocenters. The quantitative estimate of drug-likeness (QED) is 0.817. The Morgan fingerprint density at radius 1 is 1.23 bits per heavy atom. The van der Waals surface area contributed by atoms with E-state index in [1.54, 1.807) is 0 Å². The molecule has 0 saturated carbocycles. The number of ether oxygens (including phenoxy) is 3. The third-order valence-electron chi connectivity index (χ3n) is 6.71. The van der Waals surface area contributed by atoms with E-state index in [1.807, 2.05) is 51.1 Å². The second-order valence-corrected chi connectivity index (χ2v) is 9.40. The van der Waals surface area contributed by atoms with E-state index in [4.69, 9.17) is 19.0 Å². The molecular weight excluding hydrogens is 386 g/mol. The highest BCUT2D eigenvalue weighted by Crippen LogP contribution is 2.48. The molecule has 4 heterocycles. The third-order valence-corrected chi connectivity index (χ3v) is 6.71. The summed E-state index contributed by atoms with van der Waals surface area (Å²) in [5, 5.41) is 7.20. The first-order valence-corrected chi connectivity index (χ1v) is 10.6. The molecule has 3 fully saturated rings. The number of carbonyl (C=O) groups excluding carboxylic acids is 1. The smallest absolute Gasteiger partial charge is 0.411 e. The predicted molar refractivity (Wildman–Crippen MR) is 110 cm³/mol. The molecule has 8 heteroatoms. The van der Waals surface area contributed by atoms with Gasteiger partial charge in [-0.2, -0.15) is 0 Å². The number of nitrogens with one attached hydrogen (secondary N) is 1. The Labute approximate surface area is 176 Å². The second-order valence-electron chi connectivity index (χ2n) is 9.40. The molecule has 4 aliphatic rings.